The predicted octanol–water partition coefficient (Wildman–Crippen LogP) is 1.44. The van der Waals surface area contributed by atoms with Crippen LogP contribution in [-0.2, 0) is 10.0 Å². The molecule has 1 aliphatic rings. The molecule has 0 aliphatic carbocycles. The van der Waals surface area contributed by atoms with E-state index in [1.807, 2.05) is 0 Å². The number of hydrogen-bond acceptors (Lipinski definition) is 3. The molecule has 5 heteroatoms. The summed E-state index contributed by atoms with van der Waals surface area (Å²) >= 11 is 0. The molecular weight excluding hydrogens is 236 g/mol. The maximum Gasteiger partial charge on any atom is 0.208 e. The van der Waals surface area contributed by atoms with Gasteiger partial charge < -0.3 is 4.90 Å². The molecule has 0 unspecified atom stereocenters. The quantitative estimate of drug-likeness (QED) is 0.788. The number of sulfonamides is 1. The van der Waals surface area contributed by atoms with Gasteiger partial charge in [-0.25, -0.2) is 13.1 Å². The van der Waals surface area contributed by atoms with Crippen molar-refractivity contribution in [3.63, 3.8) is 0 Å². The van der Waals surface area contributed by atoms with Crippen molar-refractivity contribution in [2.45, 2.75) is 45.6 Å². The van der Waals surface area contributed by atoms with Crippen molar-refractivity contribution < 1.29 is 8.42 Å². The average Bonchev–Trinajstić information content (AvgIpc) is 2.24. The molecule has 17 heavy (non-hydrogen) atoms. The van der Waals surface area contributed by atoms with Crippen LogP contribution in [0.25, 0.3) is 0 Å². The van der Waals surface area contributed by atoms with E-state index in [9.17, 15) is 8.42 Å². The molecule has 0 radical (unpaired) electrons. The minimum absolute atomic E-state index is 0.105. The summed E-state index contributed by atoms with van der Waals surface area (Å²) in [6, 6.07) is 0.105. The Hall–Kier alpha value is -0.130. The summed E-state index contributed by atoms with van der Waals surface area (Å²) in [7, 11) is -3.06. The highest BCUT2D eigenvalue weighted by Crippen LogP contribution is 2.15. The lowest BCUT2D eigenvalue weighted by atomic mass is 10.00. The molecule has 0 bridgehead atoms. The molecule has 1 atom stereocenters. The monoisotopic (exact) mass is 262 g/mol. The van der Waals surface area contributed by atoms with Gasteiger partial charge in [-0.15, -0.1) is 0 Å². The van der Waals surface area contributed by atoms with Crippen LogP contribution in [0.3, 0.4) is 0 Å². The van der Waals surface area contributed by atoms with Crippen LogP contribution < -0.4 is 4.72 Å². The number of rotatable bonds is 6. The third kappa shape index (κ3) is 5.84. The summed E-state index contributed by atoms with van der Waals surface area (Å²) in [5.74, 6) is 0.743. The molecule has 1 aliphatic heterocycles. The van der Waals surface area contributed by atoms with E-state index in [1.54, 1.807) is 0 Å². The van der Waals surface area contributed by atoms with Gasteiger partial charge in [0, 0.05) is 19.1 Å². The van der Waals surface area contributed by atoms with E-state index in [1.165, 1.54) is 19.1 Å². The van der Waals surface area contributed by atoms with Gasteiger partial charge >= 0.3 is 0 Å². The van der Waals surface area contributed by atoms with Gasteiger partial charge in [-0.2, -0.15) is 0 Å². The molecule has 1 heterocycles. The zero-order chi connectivity index (χ0) is 12.9. The molecule has 0 aromatic carbocycles. The molecule has 0 amide bonds. The SMILES string of the molecule is CCC(CC)CN1CCC[C@@H](NS(C)(=O)=O)C1. The van der Waals surface area contributed by atoms with Gasteiger partial charge in [0.1, 0.15) is 0 Å². The molecule has 4 nitrogen and oxygen atoms in total. The van der Waals surface area contributed by atoms with Crippen molar-refractivity contribution in [2.24, 2.45) is 5.92 Å². The van der Waals surface area contributed by atoms with Crippen molar-refractivity contribution in [1.29, 1.82) is 0 Å². The molecule has 1 rings (SSSR count). The third-order valence-corrected chi connectivity index (χ3v) is 4.32. The number of likely N-dealkylation sites (tertiary alicyclic amines) is 1. The molecule has 1 N–H and O–H groups in total. The van der Waals surface area contributed by atoms with E-state index in [4.69, 9.17) is 0 Å². The first-order chi connectivity index (χ1) is 7.94. The van der Waals surface area contributed by atoms with Crippen LogP contribution in [0, 0.1) is 5.92 Å². The Morgan fingerprint density at radius 2 is 2.00 bits per heavy atom. The minimum atomic E-state index is -3.06. The van der Waals surface area contributed by atoms with E-state index in [0.717, 1.165) is 38.4 Å². The summed E-state index contributed by atoms with van der Waals surface area (Å²) < 4.78 is 25.1. The van der Waals surface area contributed by atoms with Crippen LogP contribution in [0.5, 0.6) is 0 Å². The molecule has 0 aromatic rings. The van der Waals surface area contributed by atoms with Gasteiger partial charge in [0.25, 0.3) is 0 Å². The zero-order valence-electron chi connectivity index (χ0n) is 11.3. The largest absolute Gasteiger partial charge is 0.301 e. The Morgan fingerprint density at radius 3 is 2.53 bits per heavy atom. The van der Waals surface area contributed by atoms with Gasteiger partial charge in [0.05, 0.1) is 6.26 Å². The zero-order valence-corrected chi connectivity index (χ0v) is 12.1. The fourth-order valence-electron chi connectivity index (χ4n) is 2.53. The number of hydrogen-bond donors (Lipinski definition) is 1. The summed E-state index contributed by atoms with van der Waals surface area (Å²) in [4.78, 5) is 2.41. The van der Waals surface area contributed by atoms with E-state index in [2.05, 4.69) is 23.5 Å². The smallest absolute Gasteiger partial charge is 0.208 e. The van der Waals surface area contributed by atoms with Crippen LogP contribution in [-0.4, -0.2) is 45.2 Å². The topological polar surface area (TPSA) is 49.4 Å². The molecule has 1 saturated heterocycles. The fourth-order valence-corrected chi connectivity index (χ4v) is 3.33. The van der Waals surface area contributed by atoms with E-state index in [-0.39, 0.29) is 6.04 Å². The van der Waals surface area contributed by atoms with E-state index >= 15 is 0 Å². The van der Waals surface area contributed by atoms with Gasteiger partial charge in [0.15, 0.2) is 0 Å². The standard InChI is InChI=1S/C12H26N2O2S/c1-4-11(5-2)9-14-8-6-7-12(10-14)13-17(3,15)16/h11-13H,4-10H2,1-3H3/t12-/m1/s1. The third-order valence-electron chi connectivity index (χ3n) is 3.56. The number of nitrogens with one attached hydrogen (secondary N) is 1. The Bertz CT molecular complexity index is 312. The van der Waals surface area contributed by atoms with Crippen molar-refractivity contribution >= 4 is 10.0 Å². The van der Waals surface area contributed by atoms with Gasteiger partial charge in [-0.1, -0.05) is 26.7 Å². The number of piperidine rings is 1. The molecule has 0 saturated carbocycles. The number of nitrogens with zero attached hydrogens (tertiary/aromatic N) is 1. The summed E-state index contributed by atoms with van der Waals surface area (Å²) in [5.41, 5.74) is 0. The maximum absolute atomic E-state index is 11.2. The molecule has 0 aromatic heterocycles. The summed E-state index contributed by atoms with van der Waals surface area (Å²) in [6.07, 6.45) is 5.71. The van der Waals surface area contributed by atoms with Crippen LogP contribution >= 0.6 is 0 Å². The van der Waals surface area contributed by atoms with Gasteiger partial charge in [-0.05, 0) is 25.3 Å². The normalized spacial score (nSPS) is 23.2. The highest BCUT2D eigenvalue weighted by molar-refractivity contribution is 7.88. The molecule has 102 valence electrons. The van der Waals surface area contributed by atoms with Crippen LogP contribution in [0.4, 0.5) is 0 Å². The van der Waals surface area contributed by atoms with Crippen molar-refractivity contribution in [3.8, 4) is 0 Å². The first-order valence-electron chi connectivity index (χ1n) is 6.64. The fraction of sp³-hybridized carbons (Fsp3) is 1.00. The van der Waals surface area contributed by atoms with E-state index in [0.29, 0.717) is 0 Å². The molecule has 0 spiro atoms. The predicted molar refractivity (Wildman–Crippen MR) is 71.5 cm³/mol. The highest BCUT2D eigenvalue weighted by atomic mass is 32.2. The van der Waals surface area contributed by atoms with Crippen molar-refractivity contribution in [2.75, 3.05) is 25.9 Å². The Morgan fingerprint density at radius 1 is 1.35 bits per heavy atom. The van der Waals surface area contributed by atoms with E-state index < -0.39 is 10.0 Å². The van der Waals surface area contributed by atoms with Gasteiger partial charge in [-0.3, -0.25) is 0 Å². The van der Waals surface area contributed by atoms with Crippen molar-refractivity contribution in [1.82, 2.24) is 9.62 Å². The second-order valence-electron chi connectivity index (χ2n) is 5.17. The summed E-state index contributed by atoms with van der Waals surface area (Å²) in [6.45, 7) is 7.53. The van der Waals surface area contributed by atoms with Crippen LogP contribution in [0.2, 0.25) is 0 Å². The Kier molecular flexibility index (Phi) is 5.89. The first-order valence-corrected chi connectivity index (χ1v) is 8.53. The molecule has 1 fully saturated rings. The van der Waals surface area contributed by atoms with Crippen molar-refractivity contribution in [3.05, 3.63) is 0 Å². The van der Waals surface area contributed by atoms with Gasteiger partial charge in [0.2, 0.25) is 10.0 Å². The second kappa shape index (κ2) is 6.71. The lowest BCUT2D eigenvalue weighted by Gasteiger charge is -2.34. The minimum Gasteiger partial charge on any atom is -0.301 e. The lowest BCUT2D eigenvalue weighted by Crippen LogP contribution is -2.48. The maximum atomic E-state index is 11.2. The highest BCUT2D eigenvalue weighted by Gasteiger charge is 2.23. The average molecular weight is 262 g/mol. The Balaban J connectivity index is 2.43. The van der Waals surface area contributed by atoms with Crippen LogP contribution in [0.1, 0.15) is 39.5 Å². The Labute approximate surface area is 106 Å². The first kappa shape index (κ1) is 14.9. The molecular formula is C12H26N2O2S. The lowest BCUT2D eigenvalue weighted by molar-refractivity contribution is 0.170. The summed E-state index contributed by atoms with van der Waals surface area (Å²) in [5, 5.41) is 0. The second-order valence-corrected chi connectivity index (χ2v) is 6.95. The van der Waals surface area contributed by atoms with Crippen LogP contribution in [0.15, 0.2) is 0 Å².